The summed E-state index contributed by atoms with van der Waals surface area (Å²) in [6.45, 7) is 6.11. The van der Waals surface area contributed by atoms with Crippen LogP contribution in [-0.2, 0) is 25.7 Å². The second kappa shape index (κ2) is 8.51. The molecule has 2 atom stereocenters. The first-order valence-electron chi connectivity index (χ1n) is 8.68. The molecule has 2 rings (SSSR count). The third-order valence-corrected chi connectivity index (χ3v) is 4.09. The minimum absolute atomic E-state index is 0.248. The smallest absolute Gasteiger partial charge is 0.411 e. The maximum atomic E-state index is 12.6. The van der Waals surface area contributed by atoms with Crippen LogP contribution >= 0.6 is 0 Å². The number of nitrogens with zero attached hydrogens (tertiary/aromatic N) is 2. The molecule has 7 heteroatoms. The van der Waals surface area contributed by atoms with Gasteiger partial charge in [0.05, 0.1) is 26.4 Å². The van der Waals surface area contributed by atoms with Crippen molar-refractivity contribution in [3.05, 3.63) is 35.9 Å². The van der Waals surface area contributed by atoms with E-state index < -0.39 is 17.7 Å². The van der Waals surface area contributed by atoms with Crippen LogP contribution in [0.15, 0.2) is 30.3 Å². The Labute approximate surface area is 154 Å². The van der Waals surface area contributed by atoms with Crippen molar-refractivity contribution in [1.82, 2.24) is 9.96 Å². The minimum Gasteiger partial charge on any atom is -0.444 e. The van der Waals surface area contributed by atoms with Crippen molar-refractivity contribution in [2.45, 2.75) is 51.5 Å². The van der Waals surface area contributed by atoms with E-state index in [1.165, 1.54) is 19.1 Å². The lowest BCUT2D eigenvalue weighted by molar-refractivity contribution is -0.173. The molecule has 7 nitrogen and oxygen atoms in total. The van der Waals surface area contributed by atoms with Gasteiger partial charge >= 0.3 is 6.09 Å². The van der Waals surface area contributed by atoms with Crippen molar-refractivity contribution in [3.8, 4) is 0 Å². The monoisotopic (exact) mass is 364 g/mol. The van der Waals surface area contributed by atoms with E-state index in [0.717, 1.165) is 10.6 Å². The van der Waals surface area contributed by atoms with Gasteiger partial charge in [-0.25, -0.2) is 9.86 Å². The number of hydroxylamine groups is 2. The summed E-state index contributed by atoms with van der Waals surface area (Å²) in [6, 6.07) is 9.11. The third-order valence-electron chi connectivity index (χ3n) is 4.09. The average Bonchev–Trinajstić information content (AvgIpc) is 3.02. The molecule has 1 aromatic rings. The number of ether oxygens (including phenoxy) is 2. The highest BCUT2D eigenvalue weighted by molar-refractivity contribution is 5.85. The van der Waals surface area contributed by atoms with Gasteiger partial charge in [-0.2, -0.15) is 0 Å². The van der Waals surface area contributed by atoms with Crippen LogP contribution in [0.5, 0.6) is 0 Å². The Bertz CT molecular complexity index is 614. The van der Waals surface area contributed by atoms with Gasteiger partial charge < -0.3 is 9.47 Å². The molecule has 0 bridgehead atoms. The second-order valence-electron chi connectivity index (χ2n) is 7.32. The summed E-state index contributed by atoms with van der Waals surface area (Å²) in [6.07, 6.45) is -0.369. The summed E-state index contributed by atoms with van der Waals surface area (Å²) in [5.41, 5.74) is 0.404. The second-order valence-corrected chi connectivity index (χ2v) is 7.32. The SMILES string of the molecule is CON(C)C(=O)[C@@H]1C[C@@H](OCc2ccccc2)CN1C(=O)OC(C)(C)C. The van der Waals surface area contributed by atoms with Crippen molar-refractivity contribution < 1.29 is 23.9 Å². The molecule has 26 heavy (non-hydrogen) atoms. The van der Waals surface area contributed by atoms with Crippen molar-refractivity contribution in [1.29, 1.82) is 0 Å². The quantitative estimate of drug-likeness (QED) is 0.751. The van der Waals surface area contributed by atoms with E-state index in [4.69, 9.17) is 14.3 Å². The fourth-order valence-corrected chi connectivity index (χ4v) is 2.76. The largest absolute Gasteiger partial charge is 0.444 e. The Morgan fingerprint density at radius 1 is 1.23 bits per heavy atom. The van der Waals surface area contributed by atoms with Gasteiger partial charge in [0, 0.05) is 13.5 Å². The molecule has 0 unspecified atom stereocenters. The van der Waals surface area contributed by atoms with Crippen LogP contribution in [-0.4, -0.2) is 60.4 Å². The molecule has 144 valence electrons. The van der Waals surface area contributed by atoms with E-state index >= 15 is 0 Å². The molecule has 1 fully saturated rings. The van der Waals surface area contributed by atoms with Crippen LogP contribution in [0, 0.1) is 0 Å². The number of hydrogen-bond donors (Lipinski definition) is 0. The van der Waals surface area contributed by atoms with E-state index in [1.807, 2.05) is 30.3 Å². The lowest BCUT2D eigenvalue weighted by atomic mass is 10.2. The zero-order chi connectivity index (χ0) is 19.3. The Kier molecular flexibility index (Phi) is 6.61. The van der Waals surface area contributed by atoms with Crippen LogP contribution in [0.1, 0.15) is 32.8 Å². The summed E-state index contributed by atoms with van der Waals surface area (Å²) >= 11 is 0. The number of hydrogen-bond acceptors (Lipinski definition) is 5. The normalized spacial score (nSPS) is 20.1. The molecule has 0 saturated carbocycles. The van der Waals surface area contributed by atoms with Gasteiger partial charge in [0.25, 0.3) is 5.91 Å². The van der Waals surface area contributed by atoms with Crippen molar-refractivity contribution in [3.63, 3.8) is 0 Å². The third kappa shape index (κ3) is 5.44. The first-order valence-corrected chi connectivity index (χ1v) is 8.68. The van der Waals surface area contributed by atoms with Crippen LogP contribution < -0.4 is 0 Å². The lowest BCUT2D eigenvalue weighted by Crippen LogP contribution is -2.47. The predicted octanol–water partition coefficient (Wildman–Crippen LogP) is 2.60. The number of carbonyl (C=O) groups is 2. The number of amides is 2. The van der Waals surface area contributed by atoms with Gasteiger partial charge in [-0.3, -0.25) is 14.5 Å². The maximum Gasteiger partial charge on any atom is 0.411 e. The Balaban J connectivity index is 2.07. The Morgan fingerprint density at radius 2 is 1.88 bits per heavy atom. The molecule has 2 amide bonds. The fourth-order valence-electron chi connectivity index (χ4n) is 2.76. The van der Waals surface area contributed by atoms with Gasteiger partial charge in [-0.1, -0.05) is 30.3 Å². The number of carbonyl (C=O) groups excluding carboxylic acids is 2. The molecule has 1 heterocycles. The number of rotatable bonds is 5. The van der Waals surface area contributed by atoms with Gasteiger partial charge in [0.15, 0.2) is 0 Å². The lowest BCUT2D eigenvalue weighted by Gasteiger charge is -2.29. The van der Waals surface area contributed by atoms with Crippen LogP contribution in [0.2, 0.25) is 0 Å². The van der Waals surface area contributed by atoms with Gasteiger partial charge in [0.1, 0.15) is 11.6 Å². The molecule has 1 aliphatic heterocycles. The van der Waals surface area contributed by atoms with Gasteiger partial charge in [-0.05, 0) is 26.3 Å². The first kappa shape index (κ1) is 20.2. The number of likely N-dealkylation sites (N-methyl/N-ethyl adjacent to an activating group) is 1. The molecular formula is C19H28N2O5. The molecule has 0 N–H and O–H groups in total. The maximum absolute atomic E-state index is 12.6. The molecule has 0 aliphatic carbocycles. The van der Waals surface area contributed by atoms with Crippen molar-refractivity contribution in [2.24, 2.45) is 0 Å². The standard InChI is InChI=1S/C19H28N2O5/c1-19(2,3)26-18(23)21-12-15(11-16(21)17(22)20(4)24-5)25-13-14-9-7-6-8-10-14/h6-10,15-16H,11-13H2,1-5H3/t15-,16+/m1/s1. The first-order chi connectivity index (χ1) is 12.2. The van der Waals surface area contributed by atoms with Gasteiger partial charge in [0.2, 0.25) is 0 Å². The highest BCUT2D eigenvalue weighted by atomic mass is 16.7. The zero-order valence-corrected chi connectivity index (χ0v) is 16.1. The summed E-state index contributed by atoms with van der Waals surface area (Å²) in [7, 11) is 2.93. The van der Waals surface area contributed by atoms with Crippen LogP contribution in [0.3, 0.4) is 0 Å². The van der Waals surface area contributed by atoms with Gasteiger partial charge in [-0.15, -0.1) is 0 Å². The van der Waals surface area contributed by atoms with E-state index in [-0.39, 0.29) is 12.0 Å². The average molecular weight is 364 g/mol. The van der Waals surface area contributed by atoms with Crippen LogP contribution in [0.25, 0.3) is 0 Å². The molecule has 0 aromatic heterocycles. The zero-order valence-electron chi connectivity index (χ0n) is 16.1. The molecule has 1 saturated heterocycles. The summed E-state index contributed by atoms with van der Waals surface area (Å²) in [5, 5.41) is 1.13. The summed E-state index contributed by atoms with van der Waals surface area (Å²) < 4.78 is 11.4. The van der Waals surface area contributed by atoms with Crippen molar-refractivity contribution >= 4 is 12.0 Å². The van der Waals surface area contributed by atoms with E-state index in [2.05, 4.69) is 0 Å². The Hall–Kier alpha value is -2.12. The highest BCUT2D eigenvalue weighted by Crippen LogP contribution is 2.25. The molecule has 1 aliphatic rings. The van der Waals surface area contributed by atoms with Crippen molar-refractivity contribution in [2.75, 3.05) is 20.7 Å². The van der Waals surface area contributed by atoms with E-state index in [9.17, 15) is 9.59 Å². The molecule has 0 spiro atoms. The summed E-state index contributed by atoms with van der Waals surface area (Å²) in [4.78, 5) is 31.5. The minimum atomic E-state index is -0.671. The fraction of sp³-hybridized carbons (Fsp3) is 0.579. The number of benzene rings is 1. The van der Waals surface area contributed by atoms with E-state index in [0.29, 0.717) is 19.6 Å². The van der Waals surface area contributed by atoms with E-state index in [1.54, 1.807) is 20.8 Å². The summed E-state index contributed by atoms with van der Waals surface area (Å²) in [5.74, 6) is -0.302. The number of likely N-dealkylation sites (tertiary alicyclic amines) is 1. The molecule has 0 radical (unpaired) electrons. The van der Waals surface area contributed by atoms with Crippen LogP contribution in [0.4, 0.5) is 4.79 Å². The molecule has 1 aromatic carbocycles. The molecular weight excluding hydrogens is 336 g/mol. The topological polar surface area (TPSA) is 68.3 Å². The highest BCUT2D eigenvalue weighted by Gasteiger charge is 2.43. The Morgan fingerprint density at radius 3 is 2.46 bits per heavy atom. The predicted molar refractivity (Wildman–Crippen MR) is 96.1 cm³/mol.